The molecular weight excluding hydrogens is 464 g/mol. The first-order valence-electron chi connectivity index (χ1n) is 14.0. The number of unbranched alkanes of at least 4 members (excludes halogenated alkanes) is 13. The minimum atomic E-state index is -1.13. The molecule has 0 aliphatic heterocycles. The van der Waals surface area contributed by atoms with Crippen LogP contribution in [0.25, 0.3) is 6.08 Å². The lowest BCUT2D eigenvalue weighted by atomic mass is 10.0. The molecule has 0 amide bonds. The molecule has 1 aromatic carbocycles. The van der Waals surface area contributed by atoms with Gasteiger partial charge in [0.05, 0.1) is 11.8 Å². The van der Waals surface area contributed by atoms with E-state index in [0.29, 0.717) is 0 Å². The number of anilines is 1. The number of aromatic nitrogens is 1. The van der Waals surface area contributed by atoms with Gasteiger partial charge < -0.3 is 15.2 Å². The first-order valence-corrected chi connectivity index (χ1v) is 14.0. The number of hydrogen-bond acceptors (Lipinski definition) is 5. The maximum absolute atomic E-state index is 12.0. The highest BCUT2D eigenvalue weighted by atomic mass is 16.5. The number of aromatic carboxylic acids is 1. The molecule has 0 spiro atoms. The first kappa shape index (κ1) is 30.1. The van der Waals surface area contributed by atoms with Gasteiger partial charge in [-0.3, -0.25) is 4.98 Å². The van der Waals surface area contributed by atoms with Crippen molar-refractivity contribution in [2.45, 2.75) is 96.8 Å². The van der Waals surface area contributed by atoms with Gasteiger partial charge in [0.15, 0.2) is 0 Å². The van der Waals surface area contributed by atoms with Crippen LogP contribution in [0.4, 0.5) is 5.69 Å². The van der Waals surface area contributed by atoms with Crippen molar-refractivity contribution in [3.05, 3.63) is 59.9 Å². The molecule has 0 aliphatic carbocycles. The molecule has 0 unspecified atom stereocenters. The van der Waals surface area contributed by atoms with Gasteiger partial charge in [-0.2, -0.15) is 0 Å². The van der Waals surface area contributed by atoms with Gasteiger partial charge in [-0.1, -0.05) is 103 Å². The number of esters is 1. The number of carbonyl (C=O) groups is 2. The van der Waals surface area contributed by atoms with Crippen molar-refractivity contribution in [3.63, 3.8) is 0 Å². The van der Waals surface area contributed by atoms with Crippen LogP contribution in [0, 0.1) is 0 Å². The number of nitrogens with zero attached hydrogens (tertiary/aromatic N) is 1. The fraction of sp³-hybridized carbons (Fsp3) is 0.516. The average molecular weight is 509 g/mol. The maximum atomic E-state index is 12.0. The molecule has 2 N–H and O–H groups in total. The maximum Gasteiger partial charge on any atom is 0.337 e. The number of carboxylic acids is 1. The Hall–Kier alpha value is -3.15. The topological polar surface area (TPSA) is 88.5 Å². The zero-order valence-corrected chi connectivity index (χ0v) is 22.4. The van der Waals surface area contributed by atoms with Crippen LogP contribution in [0.15, 0.2) is 48.8 Å². The minimum Gasteiger partial charge on any atom is -0.478 e. The lowest BCUT2D eigenvalue weighted by molar-refractivity contribution is -0.128. The molecule has 202 valence electrons. The van der Waals surface area contributed by atoms with Crippen molar-refractivity contribution in [3.8, 4) is 5.75 Å². The van der Waals surface area contributed by atoms with E-state index in [1.165, 1.54) is 114 Å². The highest BCUT2D eigenvalue weighted by molar-refractivity contribution is 5.90. The van der Waals surface area contributed by atoms with Gasteiger partial charge in [-0.05, 0) is 36.3 Å². The molecule has 6 nitrogen and oxygen atoms in total. The molecule has 2 rings (SSSR count). The number of ether oxygens (including phenoxy) is 1. The van der Waals surface area contributed by atoms with E-state index in [0.717, 1.165) is 17.8 Å². The van der Waals surface area contributed by atoms with Crippen LogP contribution < -0.4 is 10.1 Å². The summed E-state index contributed by atoms with van der Waals surface area (Å²) >= 11 is 0. The monoisotopic (exact) mass is 508 g/mol. The van der Waals surface area contributed by atoms with E-state index in [9.17, 15) is 9.59 Å². The van der Waals surface area contributed by atoms with Gasteiger partial charge in [0.1, 0.15) is 5.75 Å². The fourth-order valence-corrected chi connectivity index (χ4v) is 4.17. The highest BCUT2D eigenvalue weighted by Gasteiger charge is 2.07. The van der Waals surface area contributed by atoms with Crippen molar-refractivity contribution >= 4 is 23.7 Å². The summed E-state index contributed by atoms with van der Waals surface area (Å²) < 4.78 is 5.12. The van der Waals surface area contributed by atoms with E-state index < -0.39 is 11.9 Å². The van der Waals surface area contributed by atoms with Crippen LogP contribution in [0.3, 0.4) is 0 Å². The summed E-state index contributed by atoms with van der Waals surface area (Å²) in [7, 11) is 0. The first-order chi connectivity index (χ1) is 18.1. The molecule has 1 heterocycles. The molecule has 0 radical (unpaired) electrons. The van der Waals surface area contributed by atoms with Gasteiger partial charge in [-0.15, -0.1) is 0 Å². The molecule has 0 bridgehead atoms. The largest absolute Gasteiger partial charge is 0.478 e. The predicted octanol–water partition coefficient (Wildman–Crippen LogP) is 8.29. The van der Waals surface area contributed by atoms with Gasteiger partial charge in [0.2, 0.25) is 0 Å². The SMILES string of the molecule is CCCCCCCCCCCCCCCCNc1ccc(/C=C/C(=O)Oc2cncc(C(=O)O)c2)cc1. The van der Waals surface area contributed by atoms with Crippen LogP contribution in [-0.2, 0) is 4.79 Å². The smallest absolute Gasteiger partial charge is 0.337 e. The van der Waals surface area contributed by atoms with E-state index in [2.05, 4.69) is 17.2 Å². The standard InChI is InChI=1S/C31H44N2O4/c1-2-3-4-5-6-7-8-9-10-11-12-13-14-15-22-33-28-19-16-26(17-20-28)18-21-30(34)37-29-23-27(31(35)36)24-32-25-29/h16-21,23-25,33H,2-15,22H2,1H3,(H,35,36)/b21-18+. The third-order valence-electron chi connectivity index (χ3n) is 6.36. The molecular formula is C31H44N2O4. The number of pyridine rings is 1. The van der Waals surface area contributed by atoms with Gasteiger partial charge in [0, 0.05) is 24.5 Å². The zero-order chi connectivity index (χ0) is 26.6. The Morgan fingerprint density at radius 2 is 1.41 bits per heavy atom. The third kappa shape index (κ3) is 14.2. The number of benzene rings is 1. The van der Waals surface area contributed by atoms with Crippen molar-refractivity contribution in [1.82, 2.24) is 4.98 Å². The molecule has 0 aliphatic rings. The van der Waals surface area contributed by atoms with E-state index in [1.54, 1.807) is 6.08 Å². The van der Waals surface area contributed by atoms with Gasteiger partial charge in [-0.25, -0.2) is 9.59 Å². The number of carbonyl (C=O) groups excluding carboxylic acids is 1. The molecule has 0 saturated carbocycles. The quantitative estimate of drug-likeness (QED) is 0.106. The molecule has 1 aromatic heterocycles. The van der Waals surface area contributed by atoms with Crippen LogP contribution in [0.5, 0.6) is 5.75 Å². The summed E-state index contributed by atoms with van der Waals surface area (Å²) in [5.74, 6) is -1.62. The number of hydrogen-bond donors (Lipinski definition) is 2. The Kier molecular flexibility index (Phi) is 15.5. The Bertz CT molecular complexity index is 940. The molecule has 0 saturated heterocycles. The van der Waals surface area contributed by atoms with Crippen LogP contribution in [0.1, 0.15) is 113 Å². The van der Waals surface area contributed by atoms with Crippen LogP contribution >= 0.6 is 0 Å². The van der Waals surface area contributed by atoms with Crippen LogP contribution in [0.2, 0.25) is 0 Å². The summed E-state index contributed by atoms with van der Waals surface area (Å²) in [6, 6.07) is 9.12. The van der Waals surface area contributed by atoms with E-state index in [1.807, 2.05) is 24.3 Å². The predicted molar refractivity (Wildman–Crippen MR) is 151 cm³/mol. The number of nitrogens with one attached hydrogen (secondary N) is 1. The van der Waals surface area contributed by atoms with E-state index in [4.69, 9.17) is 9.84 Å². The molecule has 0 fully saturated rings. The minimum absolute atomic E-state index is 0.0357. The number of rotatable bonds is 20. The second-order valence-corrected chi connectivity index (χ2v) is 9.61. The number of carboxylic acid groups (broad SMARTS) is 1. The van der Waals surface area contributed by atoms with Crippen molar-refractivity contribution in [2.75, 3.05) is 11.9 Å². The third-order valence-corrected chi connectivity index (χ3v) is 6.36. The Labute approximate surface area is 222 Å². The van der Waals surface area contributed by atoms with E-state index >= 15 is 0 Å². The summed E-state index contributed by atoms with van der Waals surface area (Å²) in [4.78, 5) is 26.8. The summed E-state index contributed by atoms with van der Waals surface area (Å²) in [5.41, 5.74) is 1.90. The second-order valence-electron chi connectivity index (χ2n) is 9.61. The zero-order valence-electron chi connectivity index (χ0n) is 22.4. The lowest BCUT2D eigenvalue weighted by Gasteiger charge is -2.07. The molecule has 0 atom stereocenters. The second kappa shape index (κ2) is 19.0. The fourth-order valence-electron chi connectivity index (χ4n) is 4.17. The summed E-state index contributed by atoms with van der Waals surface area (Å²) in [6.07, 6.45) is 24.6. The van der Waals surface area contributed by atoms with Crippen molar-refractivity contribution in [1.29, 1.82) is 0 Å². The van der Waals surface area contributed by atoms with Crippen LogP contribution in [-0.4, -0.2) is 28.6 Å². The van der Waals surface area contributed by atoms with Gasteiger partial charge >= 0.3 is 11.9 Å². The lowest BCUT2D eigenvalue weighted by Crippen LogP contribution is -2.05. The Morgan fingerprint density at radius 1 is 0.838 bits per heavy atom. The average Bonchev–Trinajstić information content (AvgIpc) is 2.90. The Balaban J connectivity index is 1.50. The van der Waals surface area contributed by atoms with Gasteiger partial charge in [0.25, 0.3) is 0 Å². The molecule has 37 heavy (non-hydrogen) atoms. The molecule has 2 aromatic rings. The van der Waals surface area contributed by atoms with E-state index in [-0.39, 0.29) is 11.3 Å². The molecule has 6 heteroatoms. The Morgan fingerprint density at radius 3 is 1.97 bits per heavy atom. The van der Waals surface area contributed by atoms with Crippen molar-refractivity contribution in [2.24, 2.45) is 0 Å². The highest BCUT2D eigenvalue weighted by Crippen LogP contribution is 2.15. The normalized spacial score (nSPS) is 11.1. The van der Waals surface area contributed by atoms with Crippen molar-refractivity contribution < 1.29 is 19.4 Å². The summed E-state index contributed by atoms with van der Waals surface area (Å²) in [6.45, 7) is 3.23. The summed E-state index contributed by atoms with van der Waals surface area (Å²) in [5, 5.41) is 12.4.